The Balaban J connectivity index is 2.00. The molecule has 1 fully saturated rings. The van der Waals surface area contributed by atoms with Crippen LogP contribution in [0.25, 0.3) is 0 Å². The Morgan fingerprint density at radius 2 is 2.16 bits per heavy atom. The van der Waals surface area contributed by atoms with Crippen molar-refractivity contribution in [1.29, 1.82) is 0 Å². The van der Waals surface area contributed by atoms with Crippen LogP contribution in [-0.2, 0) is 0 Å². The zero-order chi connectivity index (χ0) is 13.7. The first-order valence-electron chi connectivity index (χ1n) is 6.87. The number of benzene rings is 1. The first-order valence-corrected chi connectivity index (χ1v) is 6.87. The standard InChI is InChI=1S/C15H20FNO2/c1-2-19-15-4-3-12(10-13(15)16)14(18)9-11-5-7-17-8-6-11/h3-4,10-11,17H,2,5-9H2,1H3. The van der Waals surface area contributed by atoms with Gasteiger partial charge in [-0.15, -0.1) is 0 Å². The van der Waals surface area contributed by atoms with E-state index in [4.69, 9.17) is 4.74 Å². The van der Waals surface area contributed by atoms with E-state index in [0.717, 1.165) is 25.9 Å². The third-order valence-corrected chi connectivity index (χ3v) is 3.49. The van der Waals surface area contributed by atoms with Gasteiger partial charge in [-0.25, -0.2) is 4.39 Å². The SMILES string of the molecule is CCOc1ccc(C(=O)CC2CCNCC2)cc1F. The zero-order valence-electron chi connectivity index (χ0n) is 11.2. The van der Waals surface area contributed by atoms with Crippen LogP contribution in [0.1, 0.15) is 36.5 Å². The monoisotopic (exact) mass is 265 g/mol. The third-order valence-electron chi connectivity index (χ3n) is 3.49. The lowest BCUT2D eigenvalue weighted by Crippen LogP contribution is -2.28. The number of hydrogen-bond acceptors (Lipinski definition) is 3. The number of Topliss-reactive ketones (excluding diaryl/α,β-unsaturated/α-hetero) is 1. The van der Waals surface area contributed by atoms with E-state index in [2.05, 4.69) is 5.32 Å². The summed E-state index contributed by atoms with van der Waals surface area (Å²) in [4.78, 5) is 12.1. The second-order valence-electron chi connectivity index (χ2n) is 4.90. The van der Waals surface area contributed by atoms with E-state index in [9.17, 15) is 9.18 Å². The molecule has 0 unspecified atom stereocenters. The van der Waals surface area contributed by atoms with Gasteiger partial charge in [-0.05, 0) is 57.0 Å². The second kappa shape index (κ2) is 6.66. The predicted octanol–water partition coefficient (Wildman–Crippen LogP) is 2.80. The minimum absolute atomic E-state index is 0.0221. The number of halogens is 1. The third kappa shape index (κ3) is 3.77. The van der Waals surface area contributed by atoms with Crippen molar-refractivity contribution in [2.75, 3.05) is 19.7 Å². The van der Waals surface area contributed by atoms with Gasteiger partial charge in [0.05, 0.1) is 6.61 Å². The molecule has 1 heterocycles. The summed E-state index contributed by atoms with van der Waals surface area (Å²) in [5, 5.41) is 3.27. The van der Waals surface area contributed by atoms with Crippen molar-refractivity contribution in [2.45, 2.75) is 26.2 Å². The number of hydrogen-bond donors (Lipinski definition) is 1. The molecule has 1 aromatic rings. The number of piperidine rings is 1. The molecule has 1 aliphatic heterocycles. The molecule has 0 radical (unpaired) electrons. The molecule has 3 nitrogen and oxygen atoms in total. The lowest BCUT2D eigenvalue weighted by Gasteiger charge is -2.21. The van der Waals surface area contributed by atoms with Crippen LogP contribution < -0.4 is 10.1 Å². The normalized spacial score (nSPS) is 16.3. The van der Waals surface area contributed by atoms with Crippen molar-refractivity contribution in [3.63, 3.8) is 0 Å². The topological polar surface area (TPSA) is 38.3 Å². The fourth-order valence-corrected chi connectivity index (χ4v) is 2.41. The molecular weight excluding hydrogens is 245 g/mol. The fourth-order valence-electron chi connectivity index (χ4n) is 2.41. The van der Waals surface area contributed by atoms with E-state index in [0.29, 0.717) is 24.5 Å². The molecule has 0 amide bonds. The Morgan fingerprint density at radius 1 is 1.42 bits per heavy atom. The van der Waals surface area contributed by atoms with Crippen molar-refractivity contribution >= 4 is 5.78 Å². The summed E-state index contributed by atoms with van der Waals surface area (Å²) in [7, 11) is 0. The van der Waals surface area contributed by atoms with Gasteiger partial charge in [0, 0.05) is 12.0 Å². The molecule has 104 valence electrons. The predicted molar refractivity (Wildman–Crippen MR) is 72.1 cm³/mol. The van der Waals surface area contributed by atoms with Gasteiger partial charge in [0.25, 0.3) is 0 Å². The molecule has 4 heteroatoms. The number of ketones is 1. The summed E-state index contributed by atoms with van der Waals surface area (Å²) in [6.07, 6.45) is 2.55. The smallest absolute Gasteiger partial charge is 0.165 e. The lowest BCUT2D eigenvalue weighted by molar-refractivity contribution is 0.0952. The second-order valence-corrected chi connectivity index (χ2v) is 4.90. The minimum atomic E-state index is -0.460. The molecule has 1 saturated heterocycles. The van der Waals surface area contributed by atoms with Gasteiger partial charge in [0.2, 0.25) is 0 Å². The maximum Gasteiger partial charge on any atom is 0.165 e. The summed E-state index contributed by atoms with van der Waals surface area (Å²) in [5.41, 5.74) is 0.444. The molecular formula is C15H20FNO2. The molecule has 19 heavy (non-hydrogen) atoms. The van der Waals surface area contributed by atoms with Crippen molar-refractivity contribution in [1.82, 2.24) is 5.32 Å². The highest BCUT2D eigenvalue weighted by Crippen LogP contribution is 2.22. The zero-order valence-corrected chi connectivity index (χ0v) is 11.2. The van der Waals surface area contributed by atoms with Gasteiger partial charge >= 0.3 is 0 Å². The van der Waals surface area contributed by atoms with Crippen LogP contribution in [-0.4, -0.2) is 25.5 Å². The van der Waals surface area contributed by atoms with Crippen molar-refractivity contribution < 1.29 is 13.9 Å². The van der Waals surface area contributed by atoms with Crippen LogP contribution in [0.15, 0.2) is 18.2 Å². The first kappa shape index (κ1) is 14.0. The Hall–Kier alpha value is -1.42. The maximum absolute atomic E-state index is 13.7. The van der Waals surface area contributed by atoms with Gasteiger partial charge in [-0.1, -0.05) is 0 Å². The highest BCUT2D eigenvalue weighted by atomic mass is 19.1. The van der Waals surface area contributed by atoms with Crippen LogP contribution >= 0.6 is 0 Å². The van der Waals surface area contributed by atoms with Crippen LogP contribution in [0, 0.1) is 11.7 Å². The van der Waals surface area contributed by atoms with E-state index in [-0.39, 0.29) is 11.5 Å². The van der Waals surface area contributed by atoms with Crippen molar-refractivity contribution in [2.24, 2.45) is 5.92 Å². The highest BCUT2D eigenvalue weighted by molar-refractivity contribution is 5.96. The molecule has 1 aromatic carbocycles. The molecule has 0 bridgehead atoms. The summed E-state index contributed by atoms with van der Waals surface area (Å²) >= 11 is 0. The summed E-state index contributed by atoms with van der Waals surface area (Å²) < 4.78 is 18.8. The minimum Gasteiger partial charge on any atom is -0.491 e. The van der Waals surface area contributed by atoms with Crippen molar-refractivity contribution in [3.05, 3.63) is 29.6 Å². The quantitative estimate of drug-likeness (QED) is 0.832. The van der Waals surface area contributed by atoms with E-state index in [1.807, 2.05) is 0 Å². The van der Waals surface area contributed by atoms with Crippen molar-refractivity contribution in [3.8, 4) is 5.75 Å². The Morgan fingerprint density at radius 3 is 2.79 bits per heavy atom. The number of nitrogens with one attached hydrogen (secondary N) is 1. The van der Waals surface area contributed by atoms with E-state index in [1.54, 1.807) is 13.0 Å². The Bertz CT molecular complexity index is 442. The van der Waals surface area contributed by atoms with Gasteiger partial charge in [0.1, 0.15) is 0 Å². The van der Waals surface area contributed by atoms with Gasteiger partial charge in [-0.3, -0.25) is 4.79 Å². The summed E-state index contributed by atoms with van der Waals surface area (Å²) in [5.74, 6) is 0.191. The number of rotatable bonds is 5. The Labute approximate surface area is 113 Å². The molecule has 0 aliphatic carbocycles. The van der Waals surface area contributed by atoms with E-state index < -0.39 is 5.82 Å². The molecule has 1 aliphatic rings. The van der Waals surface area contributed by atoms with Crippen LogP contribution in [0.4, 0.5) is 4.39 Å². The summed E-state index contributed by atoms with van der Waals surface area (Å²) in [6, 6.07) is 4.47. The van der Waals surface area contributed by atoms with Gasteiger partial charge in [-0.2, -0.15) is 0 Å². The first-order chi connectivity index (χ1) is 9.20. The van der Waals surface area contributed by atoms with Crippen LogP contribution in [0.2, 0.25) is 0 Å². The van der Waals surface area contributed by atoms with Gasteiger partial charge < -0.3 is 10.1 Å². The Kier molecular flexibility index (Phi) is 4.91. The average Bonchev–Trinajstić information content (AvgIpc) is 2.42. The van der Waals surface area contributed by atoms with Crippen LogP contribution in [0.3, 0.4) is 0 Å². The molecule has 0 aromatic heterocycles. The number of carbonyl (C=O) groups excluding carboxylic acids is 1. The molecule has 0 atom stereocenters. The van der Waals surface area contributed by atoms with E-state index >= 15 is 0 Å². The largest absolute Gasteiger partial charge is 0.491 e. The molecule has 0 spiro atoms. The fraction of sp³-hybridized carbons (Fsp3) is 0.533. The average molecular weight is 265 g/mol. The molecule has 1 N–H and O–H groups in total. The molecule has 2 rings (SSSR count). The maximum atomic E-state index is 13.7. The number of ether oxygens (including phenoxy) is 1. The van der Waals surface area contributed by atoms with Crippen LogP contribution in [0.5, 0.6) is 5.75 Å². The highest BCUT2D eigenvalue weighted by Gasteiger charge is 2.18. The van der Waals surface area contributed by atoms with Gasteiger partial charge in [0.15, 0.2) is 17.3 Å². The van der Waals surface area contributed by atoms with E-state index in [1.165, 1.54) is 12.1 Å². The lowest BCUT2D eigenvalue weighted by atomic mass is 9.90. The number of carbonyl (C=O) groups is 1. The summed E-state index contributed by atoms with van der Waals surface area (Å²) in [6.45, 7) is 4.15. The molecule has 0 saturated carbocycles.